The SMILES string of the molecule is CC(=O)O[C@@H]1CCC[C@@H](/C(C)=C/C=O)[C@@H]1Cc1cc(C)c([Si](C)(C)C(C)(C)C)o1. The second-order valence-corrected chi connectivity index (χ2v) is 15.4. The first-order valence-electron chi connectivity index (χ1n) is 10.8. The molecule has 0 spiro atoms. The fraction of sp³-hybridized carbons (Fsp3) is 0.667. The zero-order chi connectivity index (χ0) is 22.0. The number of hydrogen-bond acceptors (Lipinski definition) is 4. The van der Waals surface area contributed by atoms with Gasteiger partial charge in [-0.05, 0) is 61.8 Å². The molecular formula is C24H38O4Si. The first kappa shape index (κ1) is 23.7. The minimum atomic E-state index is -1.77. The molecule has 0 radical (unpaired) electrons. The summed E-state index contributed by atoms with van der Waals surface area (Å²) in [5.74, 6) is 1.08. The van der Waals surface area contributed by atoms with Gasteiger partial charge >= 0.3 is 5.97 Å². The third kappa shape index (κ3) is 5.30. The van der Waals surface area contributed by atoms with E-state index in [4.69, 9.17) is 9.15 Å². The Morgan fingerprint density at radius 2 is 1.93 bits per heavy atom. The quantitative estimate of drug-likeness (QED) is 0.271. The summed E-state index contributed by atoms with van der Waals surface area (Å²) in [7, 11) is -1.77. The molecule has 2 rings (SSSR count). The predicted octanol–water partition coefficient (Wildman–Crippen LogP) is 5.34. The average Bonchev–Trinajstić information content (AvgIpc) is 2.96. The van der Waals surface area contributed by atoms with Crippen LogP contribution in [0.25, 0.3) is 0 Å². The summed E-state index contributed by atoms with van der Waals surface area (Å²) < 4.78 is 12.2. The second-order valence-electron chi connectivity index (χ2n) is 10.2. The van der Waals surface area contributed by atoms with Crippen molar-refractivity contribution in [1.82, 2.24) is 0 Å². The summed E-state index contributed by atoms with van der Waals surface area (Å²) in [6.45, 7) is 17.2. The van der Waals surface area contributed by atoms with Crippen LogP contribution in [0.1, 0.15) is 65.2 Å². The Bertz CT molecular complexity index is 766. The van der Waals surface area contributed by atoms with Crippen LogP contribution in [0.3, 0.4) is 0 Å². The summed E-state index contributed by atoms with van der Waals surface area (Å²) in [6, 6.07) is 2.17. The number of allylic oxidation sites excluding steroid dienone is 2. The number of aldehydes is 1. The van der Waals surface area contributed by atoms with Gasteiger partial charge in [-0.1, -0.05) is 39.4 Å². The van der Waals surface area contributed by atoms with Gasteiger partial charge in [0.1, 0.15) is 26.2 Å². The van der Waals surface area contributed by atoms with Gasteiger partial charge in [0, 0.05) is 19.3 Å². The molecule has 5 heteroatoms. The molecule has 1 aliphatic rings. The lowest BCUT2D eigenvalue weighted by Gasteiger charge is -2.38. The highest BCUT2D eigenvalue weighted by atomic mass is 28.3. The largest absolute Gasteiger partial charge is 0.471 e. The standard InChI is InChI=1S/C24H38O4Si/c1-16(12-13-25)20-10-9-11-22(27-18(3)26)21(20)15-19-14-17(2)23(28-19)29(7,8)24(4,5)6/h12-14,20-22H,9-11,15H2,1-8H3/b16-12+/t20-,21-,22+/m0/s1. The van der Waals surface area contributed by atoms with Crippen molar-refractivity contribution in [2.24, 2.45) is 11.8 Å². The van der Waals surface area contributed by atoms with Gasteiger partial charge in [-0.15, -0.1) is 0 Å². The first-order valence-corrected chi connectivity index (χ1v) is 13.8. The minimum Gasteiger partial charge on any atom is -0.471 e. The molecule has 162 valence electrons. The number of furan rings is 1. The van der Waals surface area contributed by atoms with Gasteiger partial charge in [0.25, 0.3) is 0 Å². The molecule has 0 amide bonds. The molecule has 1 saturated carbocycles. The number of aryl methyl sites for hydroxylation is 1. The summed E-state index contributed by atoms with van der Waals surface area (Å²) in [4.78, 5) is 22.8. The smallest absolute Gasteiger partial charge is 0.302 e. The Morgan fingerprint density at radius 1 is 1.28 bits per heavy atom. The summed E-state index contributed by atoms with van der Waals surface area (Å²) in [6.07, 6.45) is 5.97. The van der Waals surface area contributed by atoms with Crippen LogP contribution in [0, 0.1) is 18.8 Å². The molecule has 1 fully saturated rings. The monoisotopic (exact) mass is 418 g/mol. The van der Waals surface area contributed by atoms with E-state index in [9.17, 15) is 9.59 Å². The number of hydrogen-bond donors (Lipinski definition) is 0. The summed E-state index contributed by atoms with van der Waals surface area (Å²) in [5.41, 5.74) is 2.29. The van der Waals surface area contributed by atoms with Crippen molar-refractivity contribution in [3.05, 3.63) is 29.0 Å². The van der Waals surface area contributed by atoms with E-state index in [1.54, 1.807) is 6.08 Å². The minimum absolute atomic E-state index is 0.127. The second kappa shape index (κ2) is 9.03. The van der Waals surface area contributed by atoms with Gasteiger partial charge in [-0.25, -0.2) is 0 Å². The van der Waals surface area contributed by atoms with E-state index in [1.165, 1.54) is 12.5 Å². The van der Waals surface area contributed by atoms with Crippen LogP contribution in [0.4, 0.5) is 0 Å². The van der Waals surface area contributed by atoms with Crippen molar-refractivity contribution in [3.63, 3.8) is 0 Å². The highest BCUT2D eigenvalue weighted by molar-refractivity contribution is 6.91. The van der Waals surface area contributed by atoms with Crippen LogP contribution in [0.15, 0.2) is 22.1 Å². The van der Waals surface area contributed by atoms with Gasteiger partial charge < -0.3 is 9.15 Å². The van der Waals surface area contributed by atoms with E-state index in [2.05, 4.69) is 46.9 Å². The van der Waals surface area contributed by atoms with Gasteiger partial charge in [0.2, 0.25) is 0 Å². The molecule has 4 nitrogen and oxygen atoms in total. The van der Waals surface area contributed by atoms with E-state index in [0.29, 0.717) is 0 Å². The Balaban J connectivity index is 2.38. The Kier molecular flexibility index (Phi) is 7.36. The molecule has 1 aliphatic carbocycles. The van der Waals surface area contributed by atoms with E-state index in [1.807, 2.05) is 6.92 Å². The van der Waals surface area contributed by atoms with Crippen molar-refractivity contribution in [1.29, 1.82) is 0 Å². The maximum absolute atomic E-state index is 11.7. The van der Waals surface area contributed by atoms with Crippen molar-refractivity contribution in [2.75, 3.05) is 0 Å². The zero-order valence-electron chi connectivity index (χ0n) is 19.4. The number of esters is 1. The number of carbonyl (C=O) groups excluding carboxylic acids is 2. The lowest BCUT2D eigenvalue weighted by atomic mass is 9.72. The number of rotatable bonds is 6. The Labute approximate surface area is 177 Å². The van der Waals surface area contributed by atoms with Crippen LogP contribution in [0.5, 0.6) is 0 Å². The molecule has 1 aromatic rings. The fourth-order valence-electron chi connectivity index (χ4n) is 4.50. The first-order chi connectivity index (χ1) is 13.4. The van der Waals surface area contributed by atoms with E-state index in [-0.39, 0.29) is 28.9 Å². The molecule has 0 unspecified atom stereocenters. The summed E-state index contributed by atoms with van der Waals surface area (Å²) in [5, 5.41) is 1.36. The predicted molar refractivity (Wildman–Crippen MR) is 120 cm³/mol. The Hall–Kier alpha value is -1.62. The topological polar surface area (TPSA) is 56.5 Å². The molecule has 0 bridgehead atoms. The lowest BCUT2D eigenvalue weighted by molar-refractivity contribution is -0.152. The van der Waals surface area contributed by atoms with Crippen LogP contribution < -0.4 is 5.38 Å². The van der Waals surface area contributed by atoms with Gasteiger partial charge in [0.05, 0.1) is 5.38 Å². The zero-order valence-corrected chi connectivity index (χ0v) is 20.4. The highest BCUT2D eigenvalue weighted by Crippen LogP contribution is 2.40. The molecular weight excluding hydrogens is 380 g/mol. The molecule has 0 aromatic carbocycles. The van der Waals surface area contributed by atoms with E-state index >= 15 is 0 Å². The fourth-order valence-corrected chi connectivity index (χ4v) is 6.62. The maximum Gasteiger partial charge on any atom is 0.302 e. The van der Waals surface area contributed by atoms with Gasteiger partial charge in [0.15, 0.2) is 0 Å². The van der Waals surface area contributed by atoms with Crippen molar-refractivity contribution >= 4 is 25.7 Å². The molecule has 0 aliphatic heterocycles. The van der Waals surface area contributed by atoms with Gasteiger partial charge in [-0.3, -0.25) is 9.59 Å². The van der Waals surface area contributed by atoms with Crippen molar-refractivity contribution < 1.29 is 18.7 Å². The molecule has 1 heterocycles. The highest BCUT2D eigenvalue weighted by Gasteiger charge is 2.42. The molecule has 0 N–H and O–H groups in total. The summed E-state index contributed by atoms with van der Waals surface area (Å²) >= 11 is 0. The average molecular weight is 419 g/mol. The van der Waals surface area contributed by atoms with Crippen LogP contribution >= 0.6 is 0 Å². The molecule has 29 heavy (non-hydrogen) atoms. The van der Waals surface area contributed by atoms with Crippen LogP contribution in [-0.4, -0.2) is 26.4 Å². The van der Waals surface area contributed by atoms with Crippen LogP contribution in [-0.2, 0) is 20.7 Å². The third-order valence-corrected chi connectivity index (χ3v) is 12.5. The van der Waals surface area contributed by atoms with Gasteiger partial charge in [-0.2, -0.15) is 0 Å². The van der Waals surface area contributed by atoms with Crippen molar-refractivity contribution in [3.8, 4) is 0 Å². The van der Waals surface area contributed by atoms with E-state index < -0.39 is 8.07 Å². The third-order valence-electron chi connectivity index (χ3n) is 7.08. The molecule has 0 saturated heterocycles. The number of carbonyl (C=O) groups is 2. The van der Waals surface area contributed by atoms with E-state index in [0.717, 1.165) is 48.7 Å². The van der Waals surface area contributed by atoms with Crippen LogP contribution in [0.2, 0.25) is 18.1 Å². The van der Waals surface area contributed by atoms with Crippen molar-refractivity contribution in [2.45, 2.75) is 91.5 Å². The maximum atomic E-state index is 11.7. The Morgan fingerprint density at radius 3 is 2.48 bits per heavy atom. The molecule has 3 atom stereocenters. The number of ether oxygens (including phenoxy) is 1. The normalized spacial score (nSPS) is 23.7. The molecule has 1 aromatic heterocycles. The lowest BCUT2D eigenvalue weighted by Crippen LogP contribution is -2.49.